The number of aromatic carboxylic acids is 1. The second-order valence-corrected chi connectivity index (χ2v) is 6.17. The molecular weight excluding hydrogens is 338 g/mol. The number of nitrogens with zero attached hydrogens (tertiary/aromatic N) is 1. The summed E-state index contributed by atoms with van der Waals surface area (Å²) < 4.78 is 0. The van der Waals surface area contributed by atoms with Crippen LogP contribution in [0.15, 0.2) is 54.6 Å². The summed E-state index contributed by atoms with van der Waals surface area (Å²) in [5.41, 5.74) is 2.71. The molecule has 0 aliphatic carbocycles. The van der Waals surface area contributed by atoms with E-state index in [1.165, 1.54) is 0 Å². The summed E-state index contributed by atoms with van der Waals surface area (Å²) in [6.45, 7) is 0.536. The quantitative estimate of drug-likeness (QED) is 0.499. The number of nitrogens with one attached hydrogen (secondary N) is 2. The average Bonchev–Trinajstić information content (AvgIpc) is 3.06. The number of anilines is 1. The van der Waals surface area contributed by atoms with E-state index in [0.717, 1.165) is 27.4 Å². The zero-order chi connectivity index (χ0) is 17.4. The van der Waals surface area contributed by atoms with Gasteiger partial charge in [0, 0.05) is 22.3 Å². The van der Waals surface area contributed by atoms with E-state index in [1.54, 1.807) is 6.07 Å². The molecule has 0 fully saturated rings. The van der Waals surface area contributed by atoms with Gasteiger partial charge in [-0.05, 0) is 29.8 Å². The summed E-state index contributed by atoms with van der Waals surface area (Å²) in [6, 6.07) is 16.8. The third-order valence-corrected chi connectivity index (χ3v) is 4.29. The minimum Gasteiger partial charge on any atom is -0.477 e. The van der Waals surface area contributed by atoms with E-state index in [-0.39, 0.29) is 5.69 Å². The summed E-state index contributed by atoms with van der Waals surface area (Å²) in [5.74, 6) is -0.363. The number of carboxylic acids is 1. The number of carboxylic acid groups (broad SMARTS) is 1. The van der Waals surface area contributed by atoms with Crippen LogP contribution in [0.3, 0.4) is 0 Å². The molecule has 0 atom stereocenters. The van der Waals surface area contributed by atoms with Crippen LogP contribution in [0.2, 0.25) is 5.02 Å². The van der Waals surface area contributed by atoms with Crippen molar-refractivity contribution in [2.45, 2.75) is 6.54 Å². The predicted molar refractivity (Wildman–Crippen MR) is 99.3 cm³/mol. The minimum absolute atomic E-state index is 0.138. The van der Waals surface area contributed by atoms with Gasteiger partial charge in [0.15, 0.2) is 0 Å². The molecule has 4 rings (SSSR count). The molecule has 3 N–H and O–H groups in total. The first-order valence-electron chi connectivity index (χ1n) is 7.75. The molecule has 0 unspecified atom stereocenters. The van der Waals surface area contributed by atoms with Gasteiger partial charge in [0.05, 0.1) is 11.0 Å². The van der Waals surface area contributed by atoms with Crippen LogP contribution >= 0.6 is 11.6 Å². The van der Waals surface area contributed by atoms with Crippen LogP contribution in [0.5, 0.6) is 0 Å². The van der Waals surface area contributed by atoms with Gasteiger partial charge in [0.2, 0.25) is 0 Å². The van der Waals surface area contributed by atoms with Crippen LogP contribution in [0, 0.1) is 0 Å². The van der Waals surface area contributed by atoms with Gasteiger partial charge in [-0.2, -0.15) is 0 Å². The summed E-state index contributed by atoms with van der Waals surface area (Å²) in [4.78, 5) is 19.0. The van der Waals surface area contributed by atoms with Gasteiger partial charge in [-0.3, -0.25) is 0 Å². The van der Waals surface area contributed by atoms with Crippen LogP contribution in [-0.4, -0.2) is 21.0 Å². The zero-order valence-corrected chi connectivity index (χ0v) is 13.8. The highest BCUT2D eigenvalue weighted by atomic mass is 35.5. The molecule has 0 aliphatic rings. The molecule has 0 aliphatic heterocycles. The Morgan fingerprint density at radius 1 is 1.12 bits per heavy atom. The molecule has 0 spiro atoms. The van der Waals surface area contributed by atoms with E-state index in [1.807, 2.05) is 48.5 Å². The number of fused-ring (bicyclic) bond motifs is 3. The molecule has 2 aromatic carbocycles. The van der Waals surface area contributed by atoms with Gasteiger partial charge in [-0.1, -0.05) is 41.9 Å². The van der Waals surface area contributed by atoms with Crippen LogP contribution in [-0.2, 0) is 6.54 Å². The van der Waals surface area contributed by atoms with Crippen molar-refractivity contribution in [1.82, 2.24) is 9.97 Å². The number of halogens is 1. The number of benzene rings is 2. The molecule has 4 aromatic rings. The van der Waals surface area contributed by atoms with E-state index in [4.69, 9.17) is 11.6 Å². The normalized spacial score (nSPS) is 11.1. The monoisotopic (exact) mass is 351 g/mol. The number of pyridine rings is 1. The van der Waals surface area contributed by atoms with Gasteiger partial charge >= 0.3 is 5.97 Å². The lowest BCUT2D eigenvalue weighted by Gasteiger charge is -2.09. The molecule has 0 radical (unpaired) electrons. The number of hydrogen-bond donors (Lipinski definition) is 3. The number of para-hydroxylation sites is 1. The SMILES string of the molecule is O=C(O)c1cc2c(NCc3cccc(Cl)c3)nc3ccccc3c2[nH]1. The molecule has 2 aromatic heterocycles. The topological polar surface area (TPSA) is 78.0 Å². The number of aromatic nitrogens is 2. The van der Waals surface area contributed by atoms with Crippen molar-refractivity contribution in [1.29, 1.82) is 0 Å². The number of aromatic amines is 1. The van der Waals surface area contributed by atoms with Gasteiger partial charge < -0.3 is 15.4 Å². The molecule has 25 heavy (non-hydrogen) atoms. The Morgan fingerprint density at radius 3 is 2.76 bits per heavy atom. The van der Waals surface area contributed by atoms with Crippen molar-refractivity contribution >= 4 is 45.2 Å². The van der Waals surface area contributed by atoms with E-state index in [9.17, 15) is 9.90 Å². The van der Waals surface area contributed by atoms with Crippen molar-refractivity contribution in [2.75, 3.05) is 5.32 Å². The smallest absolute Gasteiger partial charge is 0.352 e. The Kier molecular flexibility index (Phi) is 3.78. The highest BCUT2D eigenvalue weighted by Gasteiger charge is 2.14. The van der Waals surface area contributed by atoms with Crippen LogP contribution in [0.4, 0.5) is 5.82 Å². The fourth-order valence-corrected chi connectivity index (χ4v) is 3.11. The van der Waals surface area contributed by atoms with Crippen molar-refractivity contribution in [2.24, 2.45) is 0 Å². The summed E-state index contributed by atoms with van der Waals surface area (Å²) in [6.07, 6.45) is 0. The number of carbonyl (C=O) groups is 1. The Labute approximate surface area is 148 Å². The van der Waals surface area contributed by atoms with E-state index < -0.39 is 5.97 Å². The molecule has 124 valence electrons. The van der Waals surface area contributed by atoms with Crippen molar-refractivity contribution in [3.63, 3.8) is 0 Å². The fraction of sp³-hybridized carbons (Fsp3) is 0.0526. The number of rotatable bonds is 4. The largest absolute Gasteiger partial charge is 0.477 e. The van der Waals surface area contributed by atoms with Crippen molar-refractivity contribution < 1.29 is 9.90 Å². The maximum Gasteiger partial charge on any atom is 0.352 e. The second-order valence-electron chi connectivity index (χ2n) is 5.74. The zero-order valence-electron chi connectivity index (χ0n) is 13.1. The highest BCUT2D eigenvalue weighted by Crippen LogP contribution is 2.30. The first kappa shape index (κ1) is 15.5. The predicted octanol–water partition coefficient (Wildman–Crippen LogP) is 4.68. The van der Waals surface area contributed by atoms with Gasteiger partial charge in [0.1, 0.15) is 11.5 Å². The van der Waals surface area contributed by atoms with Crippen molar-refractivity contribution in [3.05, 3.63) is 70.9 Å². The molecular formula is C19H14ClN3O2. The Bertz CT molecular complexity index is 1100. The number of hydrogen-bond acceptors (Lipinski definition) is 3. The van der Waals surface area contributed by atoms with Crippen LogP contribution < -0.4 is 5.32 Å². The first-order chi connectivity index (χ1) is 12.1. The van der Waals surface area contributed by atoms with E-state index in [0.29, 0.717) is 17.4 Å². The van der Waals surface area contributed by atoms with Crippen LogP contribution in [0.1, 0.15) is 16.1 Å². The Balaban J connectivity index is 1.82. The Hall–Kier alpha value is -3.05. The summed E-state index contributed by atoms with van der Waals surface area (Å²) in [7, 11) is 0. The molecule has 5 nitrogen and oxygen atoms in total. The minimum atomic E-state index is -0.999. The molecule has 0 bridgehead atoms. The van der Waals surface area contributed by atoms with E-state index >= 15 is 0 Å². The van der Waals surface area contributed by atoms with Gasteiger partial charge in [-0.15, -0.1) is 0 Å². The highest BCUT2D eigenvalue weighted by molar-refractivity contribution is 6.30. The first-order valence-corrected chi connectivity index (χ1v) is 8.13. The Morgan fingerprint density at radius 2 is 1.96 bits per heavy atom. The number of H-pyrrole nitrogens is 1. The second kappa shape index (κ2) is 6.11. The standard InChI is InChI=1S/C19H14ClN3O2/c20-12-5-3-4-11(8-12)10-21-18-14-9-16(19(24)25)22-17(14)13-6-1-2-7-15(13)23-18/h1-9,22H,10H2,(H,21,23)(H,24,25). The molecule has 0 saturated heterocycles. The average molecular weight is 352 g/mol. The lowest BCUT2D eigenvalue weighted by molar-refractivity contribution is 0.0691. The van der Waals surface area contributed by atoms with E-state index in [2.05, 4.69) is 15.3 Å². The lowest BCUT2D eigenvalue weighted by atomic mass is 10.1. The van der Waals surface area contributed by atoms with Gasteiger partial charge in [0.25, 0.3) is 0 Å². The molecule has 2 heterocycles. The molecule has 0 amide bonds. The molecule has 6 heteroatoms. The maximum absolute atomic E-state index is 11.3. The van der Waals surface area contributed by atoms with Gasteiger partial charge in [-0.25, -0.2) is 9.78 Å². The van der Waals surface area contributed by atoms with Crippen LogP contribution in [0.25, 0.3) is 21.8 Å². The molecule has 0 saturated carbocycles. The third-order valence-electron chi connectivity index (χ3n) is 4.06. The van der Waals surface area contributed by atoms with Crippen molar-refractivity contribution in [3.8, 4) is 0 Å². The summed E-state index contributed by atoms with van der Waals surface area (Å²) in [5, 5.41) is 14.9. The fourth-order valence-electron chi connectivity index (χ4n) is 2.90. The lowest BCUT2D eigenvalue weighted by Crippen LogP contribution is -2.02. The third kappa shape index (κ3) is 2.90. The summed E-state index contributed by atoms with van der Waals surface area (Å²) >= 11 is 6.02. The maximum atomic E-state index is 11.3.